The van der Waals surface area contributed by atoms with E-state index < -0.39 is 18.5 Å². The van der Waals surface area contributed by atoms with E-state index in [1.807, 2.05) is 13.0 Å². The van der Waals surface area contributed by atoms with Gasteiger partial charge in [-0.2, -0.15) is 0 Å². The lowest BCUT2D eigenvalue weighted by Gasteiger charge is -2.10. The molecule has 2 rings (SSSR count). The number of nitrogens with one attached hydrogen (secondary N) is 2. The maximum absolute atomic E-state index is 11.9. The number of ether oxygens (including phenoxy) is 1. The number of anilines is 2. The Balaban J connectivity index is 1.67. The predicted octanol–water partition coefficient (Wildman–Crippen LogP) is 4.90. The molecule has 2 N–H and O–H groups in total. The molecule has 0 aromatic heterocycles. The van der Waals surface area contributed by atoms with E-state index >= 15 is 0 Å². The molecule has 0 unspecified atom stereocenters. The molecular weight excluding hydrogens is 415 g/mol. The van der Waals surface area contributed by atoms with Crippen LogP contribution in [0.4, 0.5) is 11.4 Å². The third kappa shape index (κ3) is 7.40. The minimum absolute atomic E-state index is 0.0333. The second kappa shape index (κ2) is 10.8. The zero-order chi connectivity index (χ0) is 21.4. The van der Waals surface area contributed by atoms with Gasteiger partial charge in [0, 0.05) is 34.3 Å². The topological polar surface area (TPSA) is 84.5 Å². The Morgan fingerprint density at radius 2 is 1.69 bits per heavy atom. The SMILES string of the molecule is Cc1ccc(NC(=O)CCCC(=O)OCC(=O)Nc2cccc(Cl)c2C)cc1Cl. The van der Waals surface area contributed by atoms with Crippen molar-refractivity contribution in [3.63, 3.8) is 0 Å². The Hall–Kier alpha value is -2.57. The predicted molar refractivity (Wildman–Crippen MR) is 114 cm³/mol. The molecule has 2 amide bonds. The molecule has 0 heterocycles. The molecular formula is C21H22Cl2N2O4. The monoisotopic (exact) mass is 436 g/mol. The molecule has 0 aliphatic heterocycles. The number of halogens is 2. The van der Waals surface area contributed by atoms with Crippen LogP contribution < -0.4 is 10.6 Å². The number of rotatable bonds is 8. The average molecular weight is 437 g/mol. The largest absolute Gasteiger partial charge is 0.456 e. The standard InChI is InChI=1S/C21H22Cl2N2O4/c1-13-9-10-15(11-17(13)23)24-19(26)7-4-8-21(28)29-12-20(27)25-18-6-3-5-16(22)14(18)2/h3,5-6,9-11H,4,7-8,12H2,1-2H3,(H,24,26)(H,25,27). The quantitative estimate of drug-likeness (QED) is 0.576. The van der Waals surface area contributed by atoms with E-state index in [1.165, 1.54) is 0 Å². The van der Waals surface area contributed by atoms with E-state index in [9.17, 15) is 14.4 Å². The number of carbonyl (C=O) groups is 3. The molecule has 0 fully saturated rings. The Morgan fingerprint density at radius 1 is 0.931 bits per heavy atom. The van der Waals surface area contributed by atoms with E-state index in [0.29, 0.717) is 27.8 Å². The molecule has 0 radical (unpaired) electrons. The molecule has 29 heavy (non-hydrogen) atoms. The Kier molecular flexibility index (Phi) is 8.49. The van der Waals surface area contributed by atoms with Crippen LogP contribution in [0.15, 0.2) is 36.4 Å². The van der Waals surface area contributed by atoms with Crippen LogP contribution in [0.5, 0.6) is 0 Å². The number of esters is 1. The number of hydrogen-bond acceptors (Lipinski definition) is 4. The Morgan fingerprint density at radius 3 is 2.41 bits per heavy atom. The smallest absolute Gasteiger partial charge is 0.306 e. The lowest BCUT2D eigenvalue weighted by molar-refractivity contribution is -0.147. The number of hydrogen-bond donors (Lipinski definition) is 2. The highest BCUT2D eigenvalue weighted by molar-refractivity contribution is 6.32. The van der Waals surface area contributed by atoms with Crippen LogP contribution in [0.2, 0.25) is 10.0 Å². The van der Waals surface area contributed by atoms with Gasteiger partial charge in [0.05, 0.1) is 0 Å². The van der Waals surface area contributed by atoms with E-state index in [2.05, 4.69) is 10.6 Å². The average Bonchev–Trinajstić information content (AvgIpc) is 2.67. The van der Waals surface area contributed by atoms with E-state index in [-0.39, 0.29) is 18.7 Å². The van der Waals surface area contributed by atoms with Gasteiger partial charge >= 0.3 is 5.97 Å². The highest BCUT2D eigenvalue weighted by Crippen LogP contribution is 2.23. The van der Waals surface area contributed by atoms with Crippen molar-refractivity contribution in [3.8, 4) is 0 Å². The van der Waals surface area contributed by atoms with Crippen molar-refractivity contribution in [3.05, 3.63) is 57.6 Å². The summed E-state index contributed by atoms with van der Waals surface area (Å²) in [6.07, 6.45) is 0.485. The van der Waals surface area contributed by atoms with Gasteiger partial charge in [0.1, 0.15) is 0 Å². The van der Waals surface area contributed by atoms with Crippen LogP contribution in [0.1, 0.15) is 30.4 Å². The molecule has 0 bridgehead atoms. The first-order valence-electron chi connectivity index (χ1n) is 9.03. The first-order chi connectivity index (χ1) is 13.8. The normalized spacial score (nSPS) is 10.3. The summed E-state index contributed by atoms with van der Waals surface area (Å²) in [5.41, 5.74) is 2.81. The van der Waals surface area contributed by atoms with Gasteiger partial charge in [0.25, 0.3) is 5.91 Å². The maximum atomic E-state index is 11.9. The van der Waals surface area contributed by atoms with Gasteiger partial charge in [-0.1, -0.05) is 35.3 Å². The molecule has 154 valence electrons. The fourth-order valence-corrected chi connectivity index (χ4v) is 2.79. The van der Waals surface area contributed by atoms with E-state index in [4.69, 9.17) is 27.9 Å². The highest BCUT2D eigenvalue weighted by Gasteiger charge is 2.11. The van der Waals surface area contributed by atoms with Gasteiger partial charge < -0.3 is 15.4 Å². The minimum Gasteiger partial charge on any atom is -0.456 e. The van der Waals surface area contributed by atoms with E-state index in [0.717, 1.165) is 11.1 Å². The Labute approximate surface area is 179 Å². The zero-order valence-corrected chi connectivity index (χ0v) is 17.7. The van der Waals surface area contributed by atoms with Gasteiger partial charge in [0.2, 0.25) is 5.91 Å². The second-order valence-electron chi connectivity index (χ2n) is 6.49. The second-order valence-corrected chi connectivity index (χ2v) is 7.30. The van der Waals surface area contributed by atoms with Crippen LogP contribution in [0.3, 0.4) is 0 Å². The van der Waals surface area contributed by atoms with Crippen molar-refractivity contribution in [1.82, 2.24) is 0 Å². The molecule has 6 nitrogen and oxygen atoms in total. The van der Waals surface area contributed by atoms with Gasteiger partial charge in [-0.15, -0.1) is 0 Å². The summed E-state index contributed by atoms with van der Waals surface area (Å²) < 4.78 is 4.94. The van der Waals surface area contributed by atoms with Crippen LogP contribution in [0, 0.1) is 13.8 Å². The lowest BCUT2D eigenvalue weighted by Crippen LogP contribution is -2.21. The number of aryl methyl sites for hydroxylation is 1. The molecule has 0 saturated carbocycles. The third-order valence-electron chi connectivity index (χ3n) is 4.15. The highest BCUT2D eigenvalue weighted by atomic mass is 35.5. The van der Waals surface area contributed by atoms with Crippen molar-refractivity contribution >= 4 is 52.4 Å². The summed E-state index contributed by atoms with van der Waals surface area (Å²) in [6, 6.07) is 10.4. The van der Waals surface area contributed by atoms with Gasteiger partial charge in [0.15, 0.2) is 6.61 Å². The van der Waals surface area contributed by atoms with Gasteiger partial charge in [-0.25, -0.2) is 0 Å². The van der Waals surface area contributed by atoms with Crippen LogP contribution >= 0.6 is 23.2 Å². The first-order valence-corrected chi connectivity index (χ1v) is 9.78. The Bertz CT molecular complexity index is 916. The molecule has 0 aliphatic rings. The van der Waals surface area contributed by atoms with Crippen LogP contribution in [0.25, 0.3) is 0 Å². The van der Waals surface area contributed by atoms with Crippen molar-refractivity contribution in [2.24, 2.45) is 0 Å². The van der Waals surface area contributed by atoms with Crippen molar-refractivity contribution in [2.75, 3.05) is 17.2 Å². The number of amides is 2. The summed E-state index contributed by atoms with van der Waals surface area (Å²) >= 11 is 12.0. The summed E-state index contributed by atoms with van der Waals surface area (Å²) in [7, 11) is 0. The van der Waals surface area contributed by atoms with Crippen molar-refractivity contribution in [2.45, 2.75) is 33.1 Å². The molecule has 0 aliphatic carbocycles. The molecule has 0 atom stereocenters. The number of benzene rings is 2. The molecule has 8 heteroatoms. The van der Waals surface area contributed by atoms with Gasteiger partial charge in [-0.3, -0.25) is 14.4 Å². The van der Waals surface area contributed by atoms with E-state index in [1.54, 1.807) is 37.3 Å². The summed E-state index contributed by atoms with van der Waals surface area (Å²) in [6.45, 7) is 3.24. The summed E-state index contributed by atoms with van der Waals surface area (Å²) in [4.78, 5) is 35.6. The molecule has 2 aromatic rings. The summed E-state index contributed by atoms with van der Waals surface area (Å²) in [5, 5.41) is 6.46. The first kappa shape index (κ1) is 22.7. The third-order valence-corrected chi connectivity index (χ3v) is 4.96. The minimum atomic E-state index is -0.547. The van der Waals surface area contributed by atoms with Crippen LogP contribution in [-0.2, 0) is 19.1 Å². The number of carbonyl (C=O) groups excluding carboxylic acids is 3. The van der Waals surface area contributed by atoms with Crippen molar-refractivity contribution in [1.29, 1.82) is 0 Å². The summed E-state index contributed by atoms with van der Waals surface area (Å²) in [5.74, 6) is -1.24. The molecule has 0 saturated heterocycles. The molecule has 2 aromatic carbocycles. The lowest BCUT2D eigenvalue weighted by atomic mass is 10.2. The maximum Gasteiger partial charge on any atom is 0.306 e. The zero-order valence-electron chi connectivity index (χ0n) is 16.2. The molecule has 0 spiro atoms. The fraction of sp³-hybridized carbons (Fsp3) is 0.286. The van der Waals surface area contributed by atoms with Crippen LogP contribution in [-0.4, -0.2) is 24.4 Å². The van der Waals surface area contributed by atoms with Gasteiger partial charge in [-0.05, 0) is 55.7 Å². The van der Waals surface area contributed by atoms with Crippen molar-refractivity contribution < 1.29 is 19.1 Å². The fourth-order valence-electron chi connectivity index (χ4n) is 2.43.